The van der Waals surface area contributed by atoms with E-state index in [-0.39, 0.29) is 5.69 Å². The third kappa shape index (κ3) is 3.85. The maximum Gasteiger partial charge on any atom is 0.307 e. The number of thiophene rings is 1. The highest BCUT2D eigenvalue weighted by atomic mass is 32.1. The molecule has 1 atom stereocenters. The van der Waals surface area contributed by atoms with E-state index in [2.05, 4.69) is 25.9 Å². The van der Waals surface area contributed by atoms with Crippen LogP contribution >= 0.6 is 11.3 Å². The van der Waals surface area contributed by atoms with Crippen LogP contribution in [0.4, 0.5) is 5.69 Å². The molecule has 0 bridgehead atoms. The molecule has 0 radical (unpaired) electrons. The minimum atomic E-state index is -0.442. The van der Waals surface area contributed by atoms with Crippen molar-refractivity contribution in [1.82, 2.24) is 29.4 Å². The highest BCUT2D eigenvalue weighted by molar-refractivity contribution is 7.19. The average molecular weight is 502 g/mol. The van der Waals surface area contributed by atoms with Crippen LogP contribution in [0.2, 0.25) is 0 Å². The second-order valence-corrected chi connectivity index (χ2v) is 11.3. The Bertz CT molecular complexity index is 1600. The summed E-state index contributed by atoms with van der Waals surface area (Å²) in [6, 6.07) is 7.91. The van der Waals surface area contributed by atoms with Crippen molar-refractivity contribution < 1.29 is 4.92 Å². The predicted octanol–water partition coefficient (Wildman–Crippen LogP) is 5.70. The van der Waals surface area contributed by atoms with Crippen LogP contribution in [0.25, 0.3) is 27.3 Å². The van der Waals surface area contributed by atoms with Gasteiger partial charge in [0.15, 0.2) is 11.5 Å². The zero-order valence-corrected chi connectivity index (χ0v) is 21.3. The quantitative estimate of drug-likeness (QED) is 0.218. The second kappa shape index (κ2) is 8.48. The van der Waals surface area contributed by atoms with E-state index >= 15 is 0 Å². The molecular formula is C26H27N7O2S. The Balaban J connectivity index is 1.30. The Morgan fingerprint density at radius 2 is 2.06 bits per heavy atom. The van der Waals surface area contributed by atoms with Crippen molar-refractivity contribution in [3.8, 4) is 11.4 Å². The van der Waals surface area contributed by atoms with Gasteiger partial charge < -0.3 is 0 Å². The first-order valence-electron chi connectivity index (χ1n) is 12.2. The van der Waals surface area contributed by atoms with Crippen molar-refractivity contribution in [3.63, 3.8) is 0 Å². The Labute approximate surface area is 212 Å². The standard InChI is InChI=1S/C26H27N7O2S/c1-4-26(2,3)18-9-10-20-21(11-18)36-25-22(20)24-29-23(30-32(24)15-27-25)17-7-5-16(6-8-17)13-31-14-19(12-28-31)33(34)35/h5-8,12,14-15,18H,4,9-11,13H2,1-3H3/t18-/m0/s1. The van der Waals surface area contributed by atoms with Gasteiger partial charge >= 0.3 is 5.69 Å². The van der Waals surface area contributed by atoms with E-state index in [1.807, 2.05) is 35.6 Å². The average Bonchev–Trinajstić information content (AvgIpc) is 3.60. The van der Waals surface area contributed by atoms with Crippen molar-refractivity contribution in [2.45, 2.75) is 53.0 Å². The fraction of sp³-hybridized carbons (Fsp3) is 0.385. The first-order chi connectivity index (χ1) is 17.3. The molecule has 5 aromatic rings. The van der Waals surface area contributed by atoms with Gasteiger partial charge in [0.25, 0.3) is 0 Å². The molecule has 1 aliphatic rings. The summed E-state index contributed by atoms with van der Waals surface area (Å²) in [6.45, 7) is 7.52. The van der Waals surface area contributed by atoms with Crippen LogP contribution in [0.5, 0.6) is 0 Å². The summed E-state index contributed by atoms with van der Waals surface area (Å²) in [4.78, 5) is 22.6. The van der Waals surface area contributed by atoms with Crippen LogP contribution < -0.4 is 0 Å². The Kier molecular flexibility index (Phi) is 5.36. The molecule has 0 amide bonds. The van der Waals surface area contributed by atoms with Crippen LogP contribution in [-0.2, 0) is 19.4 Å². The van der Waals surface area contributed by atoms with Gasteiger partial charge in [0, 0.05) is 10.4 Å². The highest BCUT2D eigenvalue weighted by Gasteiger charge is 2.33. The van der Waals surface area contributed by atoms with E-state index < -0.39 is 4.92 Å². The van der Waals surface area contributed by atoms with Gasteiger partial charge in [-0.15, -0.1) is 16.4 Å². The number of fused-ring (bicyclic) bond motifs is 5. The number of aromatic nitrogens is 6. The predicted molar refractivity (Wildman–Crippen MR) is 139 cm³/mol. The Morgan fingerprint density at radius 1 is 1.25 bits per heavy atom. The topological polar surface area (TPSA) is 104 Å². The molecule has 0 aliphatic heterocycles. The molecule has 0 fully saturated rings. The molecule has 36 heavy (non-hydrogen) atoms. The smallest absolute Gasteiger partial charge is 0.261 e. The van der Waals surface area contributed by atoms with Crippen LogP contribution in [-0.4, -0.2) is 34.3 Å². The number of hydrogen-bond acceptors (Lipinski definition) is 7. The van der Waals surface area contributed by atoms with Gasteiger partial charge in [0.1, 0.15) is 23.6 Å². The number of aryl methyl sites for hydroxylation is 1. The molecule has 0 saturated carbocycles. The zero-order valence-electron chi connectivity index (χ0n) is 20.5. The van der Waals surface area contributed by atoms with Crippen molar-refractivity contribution >= 4 is 32.9 Å². The summed E-state index contributed by atoms with van der Waals surface area (Å²) in [6.07, 6.45) is 9.03. The molecule has 184 valence electrons. The van der Waals surface area contributed by atoms with Crippen molar-refractivity contribution in [2.75, 3.05) is 0 Å². The molecule has 0 spiro atoms. The SMILES string of the molecule is CCC(C)(C)[C@H]1CCc2c(sc3ncn4nc(-c5ccc(Cn6cc([N+](=O)[O-])cn6)cc5)nc4c23)C1. The van der Waals surface area contributed by atoms with Gasteiger partial charge in [-0.2, -0.15) is 5.10 Å². The largest absolute Gasteiger partial charge is 0.307 e. The Morgan fingerprint density at radius 3 is 2.78 bits per heavy atom. The number of benzene rings is 1. The summed E-state index contributed by atoms with van der Waals surface area (Å²) < 4.78 is 3.36. The maximum absolute atomic E-state index is 10.9. The monoisotopic (exact) mass is 501 g/mol. The number of rotatable bonds is 6. The maximum atomic E-state index is 10.9. The molecule has 1 aromatic carbocycles. The molecule has 4 heterocycles. The third-order valence-electron chi connectivity index (χ3n) is 7.79. The van der Waals surface area contributed by atoms with Gasteiger partial charge in [-0.3, -0.25) is 14.8 Å². The lowest BCUT2D eigenvalue weighted by molar-refractivity contribution is -0.385. The lowest BCUT2D eigenvalue weighted by atomic mass is 9.70. The molecular weight excluding hydrogens is 474 g/mol. The minimum absolute atomic E-state index is 0.0133. The molecule has 0 N–H and O–H groups in total. The second-order valence-electron chi connectivity index (χ2n) is 10.3. The lowest BCUT2D eigenvalue weighted by Crippen LogP contribution is -2.28. The molecule has 0 saturated heterocycles. The summed E-state index contributed by atoms with van der Waals surface area (Å²) in [5.74, 6) is 1.35. The van der Waals surface area contributed by atoms with Crippen LogP contribution in [0.1, 0.15) is 49.6 Å². The molecule has 0 unspecified atom stereocenters. The summed E-state index contributed by atoms with van der Waals surface area (Å²) in [7, 11) is 0. The van der Waals surface area contributed by atoms with Crippen LogP contribution in [0, 0.1) is 21.4 Å². The summed E-state index contributed by atoms with van der Waals surface area (Å²) in [5, 5.41) is 20.8. The minimum Gasteiger partial charge on any atom is -0.261 e. The molecule has 4 aromatic heterocycles. The number of nitrogens with zero attached hydrogens (tertiary/aromatic N) is 7. The molecule has 6 rings (SSSR count). The fourth-order valence-electron chi connectivity index (χ4n) is 5.13. The normalized spacial score (nSPS) is 16.0. The first-order valence-corrected chi connectivity index (χ1v) is 13.1. The van der Waals surface area contributed by atoms with Crippen molar-refractivity contribution in [3.05, 3.63) is 69.1 Å². The van der Waals surface area contributed by atoms with E-state index in [0.717, 1.165) is 39.8 Å². The summed E-state index contributed by atoms with van der Waals surface area (Å²) >= 11 is 1.81. The van der Waals surface area contributed by atoms with Gasteiger partial charge in [0.2, 0.25) is 0 Å². The van der Waals surface area contributed by atoms with E-state index in [9.17, 15) is 10.1 Å². The third-order valence-corrected chi connectivity index (χ3v) is 8.95. The fourth-order valence-corrected chi connectivity index (χ4v) is 6.39. The van der Waals surface area contributed by atoms with Gasteiger partial charge in [-0.25, -0.2) is 14.5 Å². The van der Waals surface area contributed by atoms with E-state index in [1.54, 1.807) is 15.5 Å². The van der Waals surface area contributed by atoms with Gasteiger partial charge in [0.05, 0.1) is 16.9 Å². The van der Waals surface area contributed by atoms with E-state index in [0.29, 0.717) is 23.7 Å². The van der Waals surface area contributed by atoms with E-state index in [4.69, 9.17) is 15.1 Å². The van der Waals surface area contributed by atoms with Crippen molar-refractivity contribution in [1.29, 1.82) is 0 Å². The van der Waals surface area contributed by atoms with Crippen LogP contribution in [0.3, 0.4) is 0 Å². The number of nitro groups is 1. The van der Waals surface area contributed by atoms with Crippen LogP contribution in [0.15, 0.2) is 43.0 Å². The molecule has 10 heteroatoms. The van der Waals surface area contributed by atoms with Gasteiger partial charge in [-0.05, 0) is 41.7 Å². The molecule has 1 aliphatic carbocycles. The zero-order chi connectivity index (χ0) is 25.0. The highest BCUT2D eigenvalue weighted by Crippen LogP contribution is 2.45. The Hall–Kier alpha value is -3.66. The van der Waals surface area contributed by atoms with E-state index in [1.165, 1.54) is 35.7 Å². The first kappa shape index (κ1) is 22.8. The lowest BCUT2D eigenvalue weighted by Gasteiger charge is -2.36. The number of hydrogen-bond donors (Lipinski definition) is 0. The van der Waals surface area contributed by atoms with Gasteiger partial charge in [-0.1, -0.05) is 51.5 Å². The molecule has 9 nitrogen and oxygen atoms in total. The summed E-state index contributed by atoms with van der Waals surface area (Å²) in [5.41, 5.74) is 4.50. The van der Waals surface area contributed by atoms with Crippen molar-refractivity contribution in [2.24, 2.45) is 11.3 Å².